The molecular formula is C23H26F3N5O3S. The van der Waals surface area contributed by atoms with E-state index < -0.39 is 30.3 Å². The molecule has 0 radical (unpaired) electrons. The van der Waals surface area contributed by atoms with E-state index >= 15 is 0 Å². The summed E-state index contributed by atoms with van der Waals surface area (Å²) in [4.78, 5) is 13.5. The van der Waals surface area contributed by atoms with E-state index in [1.165, 1.54) is 11.3 Å². The molecule has 3 N–H and O–H groups in total. The summed E-state index contributed by atoms with van der Waals surface area (Å²) in [6.45, 7) is 3.96. The summed E-state index contributed by atoms with van der Waals surface area (Å²) in [6, 6.07) is 7.65. The molecule has 1 aliphatic carbocycles. The molecule has 0 unspecified atom stereocenters. The Labute approximate surface area is 203 Å². The fourth-order valence-corrected chi connectivity index (χ4v) is 5.91. The van der Waals surface area contributed by atoms with Gasteiger partial charge in [-0.05, 0) is 45.7 Å². The number of nitrogens with one attached hydrogen (secondary N) is 2. The first-order valence-electron chi connectivity index (χ1n) is 11.3. The molecule has 1 aromatic carbocycles. The molecule has 0 amide bonds. The minimum absolute atomic E-state index is 0.0700. The predicted octanol–water partition coefficient (Wildman–Crippen LogP) is 4.70. The Morgan fingerprint density at radius 3 is 2.69 bits per heavy atom. The number of aliphatic hydroxyl groups is 1. The zero-order chi connectivity index (χ0) is 25.0. The zero-order valence-electron chi connectivity index (χ0n) is 19.4. The molecule has 1 saturated carbocycles. The van der Waals surface area contributed by atoms with Gasteiger partial charge in [0.15, 0.2) is 11.5 Å². The number of aliphatic hydroxyl groups excluding tert-OH is 1. The Morgan fingerprint density at radius 2 is 1.97 bits per heavy atom. The van der Waals surface area contributed by atoms with Crippen LogP contribution < -0.4 is 10.6 Å². The third-order valence-corrected chi connectivity index (χ3v) is 7.28. The van der Waals surface area contributed by atoms with Crippen molar-refractivity contribution >= 4 is 33.3 Å². The monoisotopic (exact) mass is 509 g/mol. The van der Waals surface area contributed by atoms with Crippen LogP contribution in [0.5, 0.6) is 0 Å². The number of nitrogens with zero attached hydrogens (tertiary/aromatic N) is 3. The number of benzene rings is 1. The zero-order valence-corrected chi connectivity index (χ0v) is 20.3. The van der Waals surface area contributed by atoms with Crippen molar-refractivity contribution in [1.82, 2.24) is 15.0 Å². The summed E-state index contributed by atoms with van der Waals surface area (Å²) in [5.41, 5.74) is 0.840. The molecular weight excluding hydrogens is 483 g/mol. The van der Waals surface area contributed by atoms with E-state index in [1.54, 1.807) is 20.8 Å². The van der Waals surface area contributed by atoms with E-state index in [2.05, 4.69) is 20.6 Å². The Hall–Kier alpha value is -2.54. The van der Waals surface area contributed by atoms with Gasteiger partial charge in [0.05, 0.1) is 21.5 Å². The molecule has 3 aromatic rings. The van der Waals surface area contributed by atoms with E-state index in [4.69, 9.17) is 14.5 Å². The van der Waals surface area contributed by atoms with E-state index in [0.717, 1.165) is 10.2 Å². The van der Waals surface area contributed by atoms with Gasteiger partial charge in [0.1, 0.15) is 23.5 Å². The van der Waals surface area contributed by atoms with Gasteiger partial charge >= 0.3 is 6.18 Å². The molecule has 8 nitrogen and oxygen atoms in total. The molecule has 3 atom stereocenters. The van der Waals surface area contributed by atoms with Crippen molar-refractivity contribution in [3.05, 3.63) is 30.0 Å². The third-order valence-electron chi connectivity index (χ3n) is 6.22. The van der Waals surface area contributed by atoms with Crippen LogP contribution in [0.2, 0.25) is 0 Å². The molecule has 0 spiro atoms. The second-order valence-electron chi connectivity index (χ2n) is 9.35. The van der Waals surface area contributed by atoms with Crippen molar-refractivity contribution in [1.29, 1.82) is 0 Å². The molecule has 2 aromatic heterocycles. The number of aryl methyl sites for hydroxylation is 1. The van der Waals surface area contributed by atoms with Crippen LogP contribution in [-0.4, -0.2) is 57.0 Å². The molecule has 1 saturated heterocycles. The van der Waals surface area contributed by atoms with Crippen molar-refractivity contribution in [2.24, 2.45) is 5.92 Å². The maximum atomic E-state index is 12.9. The van der Waals surface area contributed by atoms with Crippen LogP contribution in [0.4, 0.5) is 24.9 Å². The van der Waals surface area contributed by atoms with Gasteiger partial charge in [0.2, 0.25) is 5.95 Å². The average Bonchev–Trinajstić information content (AvgIpc) is 3.39. The molecule has 2 fully saturated rings. The second kappa shape index (κ2) is 8.54. The first-order chi connectivity index (χ1) is 16.5. The Kier molecular flexibility index (Phi) is 5.90. The fraction of sp³-hybridized carbons (Fsp3) is 0.522. The topological polar surface area (TPSA) is 101 Å². The lowest BCUT2D eigenvalue weighted by Gasteiger charge is -2.31. The Balaban J connectivity index is 1.60. The number of anilines is 2. The van der Waals surface area contributed by atoms with Crippen molar-refractivity contribution < 1.29 is 27.8 Å². The highest BCUT2D eigenvalue weighted by atomic mass is 32.1. The summed E-state index contributed by atoms with van der Waals surface area (Å²) in [7, 11) is 0. The van der Waals surface area contributed by atoms with Gasteiger partial charge in [0, 0.05) is 12.5 Å². The molecule has 0 bridgehead atoms. The third kappa shape index (κ3) is 4.67. The largest absolute Gasteiger partial charge is 0.405 e. The molecule has 3 heterocycles. The summed E-state index contributed by atoms with van der Waals surface area (Å²) < 4.78 is 52.0. The van der Waals surface area contributed by atoms with Gasteiger partial charge in [-0.2, -0.15) is 18.2 Å². The van der Waals surface area contributed by atoms with Crippen LogP contribution in [-0.2, 0) is 9.47 Å². The molecule has 5 rings (SSSR count). The van der Waals surface area contributed by atoms with Gasteiger partial charge in [-0.15, -0.1) is 11.3 Å². The first-order valence-corrected chi connectivity index (χ1v) is 12.1. The van der Waals surface area contributed by atoms with Crippen LogP contribution in [0.15, 0.2) is 24.3 Å². The quantitative estimate of drug-likeness (QED) is 0.440. The number of hydrogen-bond donors (Lipinski definition) is 3. The number of thiazole rings is 1. The number of fused-ring (bicyclic) bond motifs is 2. The van der Waals surface area contributed by atoms with Crippen molar-refractivity contribution in [2.45, 2.75) is 57.4 Å². The van der Waals surface area contributed by atoms with Gasteiger partial charge in [0.25, 0.3) is 0 Å². The van der Waals surface area contributed by atoms with Gasteiger partial charge in [-0.25, -0.2) is 9.97 Å². The smallest absolute Gasteiger partial charge is 0.396 e. The lowest BCUT2D eigenvalue weighted by molar-refractivity contribution is -0.168. The Morgan fingerprint density at radius 1 is 1.20 bits per heavy atom. The predicted molar refractivity (Wildman–Crippen MR) is 126 cm³/mol. The summed E-state index contributed by atoms with van der Waals surface area (Å²) in [6.07, 6.45) is -3.70. The number of rotatable bonds is 6. The van der Waals surface area contributed by atoms with Crippen LogP contribution in [0.3, 0.4) is 0 Å². The number of para-hydroxylation sites is 1. The number of hydrogen-bond acceptors (Lipinski definition) is 9. The van der Waals surface area contributed by atoms with Crippen LogP contribution in [0.1, 0.15) is 32.4 Å². The molecule has 12 heteroatoms. The first kappa shape index (κ1) is 24.2. The molecule has 1 aliphatic heterocycles. The summed E-state index contributed by atoms with van der Waals surface area (Å²) in [5.74, 6) is -0.928. The number of alkyl halides is 3. The van der Waals surface area contributed by atoms with Crippen LogP contribution in [0.25, 0.3) is 20.8 Å². The van der Waals surface area contributed by atoms with E-state index in [9.17, 15) is 18.3 Å². The normalized spacial score (nSPS) is 25.7. The number of halogens is 3. The minimum atomic E-state index is -4.42. The standard InChI is InChI=1S/C23H26F3N5O3S/c1-12-16(19-29-14-6-4-5-7-15(14)35-19)18(30-20(28-12)27-11-23(24,25)26)31-22-9-8-13(10-32)17(22)33-21(2,3)34-22/h4-7,13,17,32H,8-11H2,1-3H3,(H2,27,28,30,31)/t13-,17-,22-/m1/s1. The molecule has 35 heavy (non-hydrogen) atoms. The highest BCUT2D eigenvalue weighted by molar-refractivity contribution is 7.21. The van der Waals surface area contributed by atoms with E-state index in [0.29, 0.717) is 34.9 Å². The van der Waals surface area contributed by atoms with Crippen molar-refractivity contribution in [3.63, 3.8) is 0 Å². The SMILES string of the molecule is Cc1nc(NCC(F)(F)F)nc(N[C@@]23CC[C@H](CO)[C@H]2OC(C)(C)O3)c1-c1nc2ccccc2s1. The number of aromatic nitrogens is 3. The van der Waals surface area contributed by atoms with Gasteiger partial charge in [-0.1, -0.05) is 12.1 Å². The molecule has 188 valence electrons. The summed E-state index contributed by atoms with van der Waals surface area (Å²) in [5, 5.41) is 16.2. The van der Waals surface area contributed by atoms with Gasteiger partial charge in [-0.3, -0.25) is 0 Å². The van der Waals surface area contributed by atoms with E-state index in [-0.39, 0.29) is 18.5 Å². The fourth-order valence-electron chi connectivity index (χ4n) is 4.85. The van der Waals surface area contributed by atoms with E-state index in [1.807, 2.05) is 24.3 Å². The van der Waals surface area contributed by atoms with Gasteiger partial charge < -0.3 is 25.2 Å². The lowest BCUT2D eigenvalue weighted by atomic mass is 10.0. The lowest BCUT2D eigenvalue weighted by Crippen LogP contribution is -2.46. The maximum Gasteiger partial charge on any atom is 0.405 e. The second-order valence-corrected chi connectivity index (χ2v) is 10.4. The number of ether oxygens (including phenoxy) is 2. The Bertz CT molecular complexity index is 1220. The average molecular weight is 510 g/mol. The summed E-state index contributed by atoms with van der Waals surface area (Å²) >= 11 is 1.44. The van der Waals surface area contributed by atoms with Crippen LogP contribution in [0, 0.1) is 12.8 Å². The molecule has 2 aliphatic rings. The van der Waals surface area contributed by atoms with Crippen molar-refractivity contribution in [3.8, 4) is 10.6 Å². The maximum absolute atomic E-state index is 12.9. The highest BCUT2D eigenvalue weighted by Crippen LogP contribution is 2.50. The minimum Gasteiger partial charge on any atom is -0.396 e. The van der Waals surface area contributed by atoms with Crippen LogP contribution >= 0.6 is 11.3 Å². The van der Waals surface area contributed by atoms with Crippen molar-refractivity contribution in [2.75, 3.05) is 23.8 Å². The highest BCUT2D eigenvalue weighted by Gasteiger charge is 2.60.